The lowest BCUT2D eigenvalue weighted by Gasteiger charge is -2.32. The zero-order valence-corrected chi connectivity index (χ0v) is 21.2. The van der Waals surface area contributed by atoms with Gasteiger partial charge in [0.1, 0.15) is 11.5 Å². The number of rotatable bonds is 5. The number of benzene rings is 1. The third kappa shape index (κ3) is 4.85. The summed E-state index contributed by atoms with van der Waals surface area (Å²) in [5.41, 5.74) is 0.409. The van der Waals surface area contributed by atoms with Crippen molar-refractivity contribution in [2.45, 2.75) is 69.5 Å². The summed E-state index contributed by atoms with van der Waals surface area (Å²) in [6, 6.07) is 10.5. The van der Waals surface area contributed by atoms with Crippen LogP contribution in [0.15, 0.2) is 52.2 Å². The fraction of sp³-hybridized carbons (Fsp3) is 0.481. The van der Waals surface area contributed by atoms with E-state index in [1.807, 2.05) is 49.0 Å². The highest BCUT2D eigenvalue weighted by molar-refractivity contribution is 7.99. The second kappa shape index (κ2) is 10.6. The van der Waals surface area contributed by atoms with Crippen molar-refractivity contribution in [2.24, 2.45) is 0 Å². The van der Waals surface area contributed by atoms with Gasteiger partial charge in [-0.2, -0.15) is 11.8 Å². The molecule has 190 valence electrons. The third-order valence-electron chi connectivity index (χ3n) is 7.58. The highest BCUT2D eigenvalue weighted by Crippen LogP contribution is 2.30. The van der Waals surface area contributed by atoms with Gasteiger partial charge in [0.2, 0.25) is 5.91 Å². The summed E-state index contributed by atoms with van der Waals surface area (Å²) in [6.45, 7) is 1.89. The van der Waals surface area contributed by atoms with Crippen LogP contribution < -0.4 is 16.6 Å². The molecule has 0 bridgehead atoms. The molecule has 7 nitrogen and oxygen atoms in total. The van der Waals surface area contributed by atoms with Crippen molar-refractivity contribution in [3.8, 4) is 0 Å². The molecular weight excluding hydrogens is 479 g/mol. The molecule has 1 saturated heterocycles. The molecule has 1 amide bonds. The average Bonchev–Trinajstić information content (AvgIpc) is 2.91. The van der Waals surface area contributed by atoms with Crippen LogP contribution in [-0.4, -0.2) is 37.6 Å². The first-order valence-corrected chi connectivity index (χ1v) is 13.8. The molecule has 3 heterocycles. The number of thioether (sulfide) groups is 1. The van der Waals surface area contributed by atoms with Crippen LogP contribution in [0.5, 0.6) is 0 Å². The molecule has 1 atom stereocenters. The van der Waals surface area contributed by atoms with Crippen LogP contribution in [0.3, 0.4) is 0 Å². The monoisotopic (exact) mass is 510 g/mol. The Kier molecular flexibility index (Phi) is 7.27. The van der Waals surface area contributed by atoms with Crippen molar-refractivity contribution in [2.75, 3.05) is 11.5 Å². The lowest BCUT2D eigenvalue weighted by Crippen LogP contribution is -2.47. The fourth-order valence-electron chi connectivity index (χ4n) is 5.50. The van der Waals surface area contributed by atoms with E-state index in [-0.39, 0.29) is 46.7 Å². The van der Waals surface area contributed by atoms with Crippen LogP contribution in [0.2, 0.25) is 0 Å². The first kappa shape index (κ1) is 24.7. The molecule has 3 aromatic rings. The van der Waals surface area contributed by atoms with E-state index in [2.05, 4.69) is 10.3 Å². The molecule has 1 saturated carbocycles. The maximum absolute atomic E-state index is 14.1. The zero-order chi connectivity index (χ0) is 25.2. The number of carbonyl (C=O) groups is 1. The van der Waals surface area contributed by atoms with Gasteiger partial charge in [-0.25, -0.2) is 14.2 Å². The van der Waals surface area contributed by atoms with Gasteiger partial charge in [-0.15, -0.1) is 0 Å². The van der Waals surface area contributed by atoms with Crippen molar-refractivity contribution < 1.29 is 9.18 Å². The molecule has 1 aliphatic carbocycles. The van der Waals surface area contributed by atoms with E-state index in [4.69, 9.17) is 0 Å². The predicted molar refractivity (Wildman–Crippen MR) is 140 cm³/mol. The largest absolute Gasteiger partial charge is 0.353 e. The predicted octanol–water partition coefficient (Wildman–Crippen LogP) is 4.17. The van der Waals surface area contributed by atoms with Gasteiger partial charge >= 0.3 is 5.69 Å². The standard InChI is InChI=1S/C27H31FN4O3S/c1-17(18-5-3-2-4-6-18)25(33)30-20-7-9-21(10-8-20)32-26(34)23-15-19(28)16-29-24(23)31(27(32)35)22-11-13-36-14-12-22/h2-6,15-17,20-22H,7-14H2,1H3,(H,30,33)/t17?,20-,21+. The molecule has 9 heteroatoms. The van der Waals surface area contributed by atoms with Gasteiger partial charge in [-0.05, 0) is 68.6 Å². The summed E-state index contributed by atoms with van der Waals surface area (Å²) in [7, 11) is 0. The lowest BCUT2D eigenvalue weighted by atomic mass is 9.90. The Morgan fingerprint density at radius 3 is 2.39 bits per heavy atom. The highest BCUT2D eigenvalue weighted by Gasteiger charge is 2.30. The van der Waals surface area contributed by atoms with Crippen LogP contribution in [0.25, 0.3) is 11.0 Å². The van der Waals surface area contributed by atoms with E-state index in [1.165, 1.54) is 10.6 Å². The van der Waals surface area contributed by atoms with Gasteiger partial charge in [0.25, 0.3) is 5.56 Å². The molecule has 2 aliphatic rings. The minimum atomic E-state index is -0.588. The maximum Gasteiger partial charge on any atom is 0.333 e. The molecule has 1 aromatic carbocycles. The number of fused-ring (bicyclic) bond motifs is 1. The Labute approximate surface area is 213 Å². The van der Waals surface area contributed by atoms with Gasteiger partial charge in [0.15, 0.2) is 0 Å². The van der Waals surface area contributed by atoms with Crippen molar-refractivity contribution in [3.05, 3.63) is 74.8 Å². The quantitative estimate of drug-likeness (QED) is 0.557. The Morgan fingerprint density at radius 2 is 1.69 bits per heavy atom. The third-order valence-corrected chi connectivity index (χ3v) is 8.63. The fourth-order valence-corrected chi connectivity index (χ4v) is 6.58. The lowest BCUT2D eigenvalue weighted by molar-refractivity contribution is -0.123. The maximum atomic E-state index is 14.1. The SMILES string of the molecule is CC(C(=O)N[C@H]1CC[C@@H](n2c(=O)c3cc(F)cnc3n(C3CCSCC3)c2=O)CC1)c1ccccc1. The van der Waals surface area contributed by atoms with Gasteiger partial charge in [-0.1, -0.05) is 30.3 Å². The summed E-state index contributed by atoms with van der Waals surface area (Å²) >= 11 is 1.85. The molecule has 0 spiro atoms. The average molecular weight is 511 g/mol. The van der Waals surface area contributed by atoms with Crippen LogP contribution in [0.4, 0.5) is 4.39 Å². The number of nitrogens with zero attached hydrogens (tertiary/aromatic N) is 3. The number of amides is 1. The van der Waals surface area contributed by atoms with Crippen LogP contribution in [-0.2, 0) is 4.79 Å². The Balaban J connectivity index is 1.38. The van der Waals surface area contributed by atoms with E-state index in [0.29, 0.717) is 25.7 Å². The number of hydrogen-bond donors (Lipinski definition) is 1. The van der Waals surface area contributed by atoms with E-state index >= 15 is 0 Å². The van der Waals surface area contributed by atoms with E-state index in [1.54, 1.807) is 4.57 Å². The Bertz CT molecular complexity index is 1360. The van der Waals surface area contributed by atoms with Gasteiger partial charge in [0.05, 0.1) is 17.5 Å². The summed E-state index contributed by atoms with van der Waals surface area (Å²) < 4.78 is 17.0. The molecule has 36 heavy (non-hydrogen) atoms. The topological polar surface area (TPSA) is 86.0 Å². The number of aromatic nitrogens is 3. The van der Waals surface area contributed by atoms with Crippen molar-refractivity contribution in [1.29, 1.82) is 0 Å². The van der Waals surface area contributed by atoms with Gasteiger partial charge in [0, 0.05) is 18.1 Å². The number of halogens is 1. The summed E-state index contributed by atoms with van der Waals surface area (Å²) in [6.07, 6.45) is 5.23. The highest BCUT2D eigenvalue weighted by atomic mass is 32.2. The van der Waals surface area contributed by atoms with Crippen molar-refractivity contribution in [3.63, 3.8) is 0 Å². The molecule has 1 N–H and O–H groups in total. The minimum Gasteiger partial charge on any atom is -0.353 e. The normalized spacial score (nSPS) is 21.8. The molecule has 1 unspecified atom stereocenters. The van der Waals surface area contributed by atoms with Gasteiger partial charge in [-0.3, -0.25) is 18.7 Å². The van der Waals surface area contributed by atoms with Gasteiger partial charge < -0.3 is 5.32 Å². The second-order valence-corrected chi connectivity index (χ2v) is 11.1. The molecule has 0 radical (unpaired) electrons. The Morgan fingerprint density at radius 1 is 1.03 bits per heavy atom. The number of hydrogen-bond acceptors (Lipinski definition) is 5. The number of nitrogens with one attached hydrogen (secondary N) is 1. The smallest absolute Gasteiger partial charge is 0.333 e. The minimum absolute atomic E-state index is 0.00669. The van der Waals surface area contributed by atoms with E-state index in [9.17, 15) is 18.8 Å². The summed E-state index contributed by atoms with van der Waals surface area (Å²) in [5.74, 6) is 1.01. The first-order valence-electron chi connectivity index (χ1n) is 12.7. The molecule has 5 rings (SSSR count). The number of carbonyl (C=O) groups excluding carboxylic acids is 1. The second-order valence-electron chi connectivity index (χ2n) is 9.84. The van der Waals surface area contributed by atoms with Crippen molar-refractivity contribution in [1.82, 2.24) is 19.4 Å². The van der Waals surface area contributed by atoms with E-state index < -0.39 is 11.4 Å². The van der Waals surface area contributed by atoms with Crippen LogP contribution in [0, 0.1) is 5.82 Å². The van der Waals surface area contributed by atoms with Crippen molar-refractivity contribution >= 4 is 28.7 Å². The molecule has 2 aromatic heterocycles. The van der Waals surface area contributed by atoms with Crippen LogP contribution >= 0.6 is 11.8 Å². The van der Waals surface area contributed by atoms with Crippen LogP contribution in [0.1, 0.15) is 69.0 Å². The summed E-state index contributed by atoms with van der Waals surface area (Å²) in [4.78, 5) is 44.1. The summed E-state index contributed by atoms with van der Waals surface area (Å²) in [5, 5.41) is 3.30. The molecule has 2 fully saturated rings. The Hall–Kier alpha value is -2.94. The van der Waals surface area contributed by atoms with E-state index in [0.717, 1.165) is 36.1 Å². The molecule has 1 aliphatic heterocycles. The zero-order valence-electron chi connectivity index (χ0n) is 20.4. The number of pyridine rings is 1. The first-order chi connectivity index (χ1) is 17.4. The molecular formula is C27H31FN4O3S.